The second kappa shape index (κ2) is 8.28. The highest BCUT2D eigenvalue weighted by Crippen LogP contribution is 2.29. The van der Waals surface area contributed by atoms with Crippen LogP contribution in [0.15, 0.2) is 108 Å². The summed E-state index contributed by atoms with van der Waals surface area (Å²) in [5.74, 6) is 1.51. The Hall–Kier alpha value is -4.19. The molecule has 4 heterocycles. The van der Waals surface area contributed by atoms with Gasteiger partial charge in [-0.25, -0.2) is 9.98 Å². The van der Waals surface area contributed by atoms with Crippen LogP contribution in [0.2, 0.25) is 0 Å². The molecule has 0 amide bonds. The first-order chi connectivity index (χ1) is 15.3. The molecule has 6 heteroatoms. The van der Waals surface area contributed by atoms with Crippen LogP contribution < -0.4 is 0 Å². The van der Waals surface area contributed by atoms with Crippen LogP contribution in [0.4, 0.5) is 0 Å². The van der Waals surface area contributed by atoms with Crippen molar-refractivity contribution in [2.75, 3.05) is 7.05 Å². The molecule has 1 aliphatic heterocycles. The smallest absolute Gasteiger partial charge is 0.160 e. The van der Waals surface area contributed by atoms with E-state index in [0.717, 1.165) is 33.7 Å². The first-order valence-corrected chi connectivity index (χ1v) is 10.00. The third-order valence-electron chi connectivity index (χ3n) is 5.24. The van der Waals surface area contributed by atoms with Crippen molar-refractivity contribution in [1.29, 1.82) is 0 Å². The fourth-order valence-corrected chi connectivity index (χ4v) is 3.62. The van der Waals surface area contributed by atoms with Crippen LogP contribution >= 0.6 is 0 Å². The summed E-state index contributed by atoms with van der Waals surface area (Å²) in [6.45, 7) is 0. The number of hydrogen-bond donors (Lipinski definition) is 0. The molecule has 0 saturated heterocycles. The number of rotatable bonds is 4. The Kier molecular flexibility index (Phi) is 5.02. The Morgan fingerprint density at radius 1 is 0.645 bits per heavy atom. The van der Waals surface area contributed by atoms with Gasteiger partial charge in [0.25, 0.3) is 0 Å². The molecule has 4 aromatic rings. The van der Waals surface area contributed by atoms with Gasteiger partial charge in [-0.2, -0.15) is 0 Å². The van der Waals surface area contributed by atoms with Crippen molar-refractivity contribution in [3.05, 3.63) is 115 Å². The summed E-state index contributed by atoms with van der Waals surface area (Å²) in [5.41, 5.74) is 5.25. The summed E-state index contributed by atoms with van der Waals surface area (Å²) in [7, 11) is 2.02. The molecular formula is C25H20N6. The lowest BCUT2D eigenvalue weighted by Crippen LogP contribution is -2.35. The van der Waals surface area contributed by atoms with Crippen molar-refractivity contribution in [3.8, 4) is 11.1 Å². The van der Waals surface area contributed by atoms with Crippen molar-refractivity contribution >= 4 is 11.7 Å². The summed E-state index contributed by atoms with van der Waals surface area (Å²) in [5, 5.41) is 0. The lowest BCUT2D eigenvalue weighted by atomic mass is 10.0. The Bertz CT molecular complexity index is 1220. The molecule has 1 aromatic carbocycles. The molecule has 31 heavy (non-hydrogen) atoms. The number of aromatic nitrogens is 3. The van der Waals surface area contributed by atoms with E-state index in [0.29, 0.717) is 5.84 Å². The Morgan fingerprint density at radius 3 is 1.94 bits per heavy atom. The minimum atomic E-state index is -0.206. The molecule has 0 bridgehead atoms. The highest BCUT2D eigenvalue weighted by molar-refractivity contribution is 6.12. The second-order valence-corrected chi connectivity index (χ2v) is 7.21. The molecule has 6 nitrogen and oxygen atoms in total. The first kappa shape index (κ1) is 18.8. The van der Waals surface area contributed by atoms with Gasteiger partial charge in [0, 0.05) is 55.4 Å². The van der Waals surface area contributed by atoms with E-state index in [4.69, 9.17) is 9.98 Å². The van der Waals surface area contributed by atoms with Crippen LogP contribution in [0.1, 0.15) is 22.9 Å². The average Bonchev–Trinajstić information content (AvgIpc) is 2.86. The summed E-state index contributed by atoms with van der Waals surface area (Å²) >= 11 is 0. The van der Waals surface area contributed by atoms with Crippen LogP contribution in [0.3, 0.4) is 0 Å². The van der Waals surface area contributed by atoms with E-state index in [1.165, 1.54) is 0 Å². The number of pyridine rings is 3. The van der Waals surface area contributed by atoms with Crippen molar-refractivity contribution in [2.24, 2.45) is 9.98 Å². The van der Waals surface area contributed by atoms with Gasteiger partial charge in [-0.15, -0.1) is 0 Å². The maximum atomic E-state index is 4.97. The largest absolute Gasteiger partial charge is 0.333 e. The highest BCUT2D eigenvalue weighted by Gasteiger charge is 2.26. The standard InChI is InChI=1S/C25H20N6/c1-31-24(20-6-4-18(5-7-20)19-8-13-26-14-9-19)29-23(22-3-2-12-28-17-22)30-25(31)21-10-15-27-16-11-21/h2-17,24H,1H3. The molecule has 1 aliphatic rings. The maximum absolute atomic E-state index is 4.97. The summed E-state index contributed by atoms with van der Waals surface area (Å²) in [4.78, 5) is 24.4. The normalized spacial score (nSPS) is 15.9. The van der Waals surface area contributed by atoms with Gasteiger partial charge in [0.1, 0.15) is 12.0 Å². The van der Waals surface area contributed by atoms with Crippen molar-refractivity contribution < 1.29 is 0 Å². The van der Waals surface area contributed by atoms with Gasteiger partial charge in [0.2, 0.25) is 0 Å². The van der Waals surface area contributed by atoms with Crippen LogP contribution in [0.5, 0.6) is 0 Å². The zero-order valence-electron chi connectivity index (χ0n) is 17.0. The van der Waals surface area contributed by atoms with E-state index < -0.39 is 0 Å². The Labute approximate surface area is 180 Å². The number of amidine groups is 2. The van der Waals surface area contributed by atoms with Crippen molar-refractivity contribution in [1.82, 2.24) is 19.9 Å². The fraction of sp³-hybridized carbons (Fsp3) is 0.0800. The zero-order valence-corrected chi connectivity index (χ0v) is 17.0. The number of aliphatic imine (C=N–C) groups is 2. The van der Waals surface area contributed by atoms with Gasteiger partial charge in [0.15, 0.2) is 5.84 Å². The molecule has 3 aromatic heterocycles. The Balaban J connectivity index is 1.56. The average molecular weight is 404 g/mol. The fourth-order valence-electron chi connectivity index (χ4n) is 3.62. The quantitative estimate of drug-likeness (QED) is 0.506. The molecule has 1 unspecified atom stereocenters. The first-order valence-electron chi connectivity index (χ1n) is 10.00. The zero-order chi connectivity index (χ0) is 21.0. The predicted molar refractivity (Wildman–Crippen MR) is 122 cm³/mol. The number of benzene rings is 1. The van der Waals surface area contributed by atoms with Gasteiger partial charge >= 0.3 is 0 Å². The molecule has 0 aliphatic carbocycles. The van der Waals surface area contributed by atoms with Gasteiger partial charge in [-0.05, 0) is 53.1 Å². The van der Waals surface area contributed by atoms with E-state index in [1.807, 2.05) is 43.4 Å². The number of hydrogen-bond acceptors (Lipinski definition) is 6. The van der Waals surface area contributed by atoms with E-state index in [9.17, 15) is 0 Å². The van der Waals surface area contributed by atoms with Crippen LogP contribution in [0.25, 0.3) is 11.1 Å². The third-order valence-corrected chi connectivity index (χ3v) is 5.24. The molecular weight excluding hydrogens is 384 g/mol. The molecule has 0 spiro atoms. The monoisotopic (exact) mass is 404 g/mol. The molecule has 0 fully saturated rings. The Morgan fingerprint density at radius 2 is 1.29 bits per heavy atom. The van der Waals surface area contributed by atoms with Crippen LogP contribution in [0, 0.1) is 0 Å². The van der Waals surface area contributed by atoms with Crippen molar-refractivity contribution in [2.45, 2.75) is 6.17 Å². The molecule has 0 radical (unpaired) electrons. The van der Waals surface area contributed by atoms with Gasteiger partial charge in [-0.1, -0.05) is 24.3 Å². The number of nitrogens with zero attached hydrogens (tertiary/aromatic N) is 6. The van der Waals surface area contributed by atoms with E-state index in [-0.39, 0.29) is 6.17 Å². The molecule has 150 valence electrons. The molecule has 0 saturated carbocycles. The minimum Gasteiger partial charge on any atom is -0.333 e. The lowest BCUT2D eigenvalue weighted by molar-refractivity contribution is 0.383. The molecule has 5 rings (SSSR count). The van der Waals surface area contributed by atoms with E-state index >= 15 is 0 Å². The summed E-state index contributed by atoms with van der Waals surface area (Å²) in [6.07, 6.45) is 10.5. The van der Waals surface area contributed by atoms with Crippen LogP contribution in [-0.4, -0.2) is 38.6 Å². The third kappa shape index (κ3) is 3.83. The van der Waals surface area contributed by atoms with Crippen LogP contribution in [-0.2, 0) is 0 Å². The van der Waals surface area contributed by atoms with E-state index in [1.54, 1.807) is 37.2 Å². The maximum Gasteiger partial charge on any atom is 0.160 e. The predicted octanol–water partition coefficient (Wildman–Crippen LogP) is 4.38. The minimum absolute atomic E-state index is 0.206. The van der Waals surface area contributed by atoms with Gasteiger partial charge in [-0.3, -0.25) is 15.0 Å². The van der Waals surface area contributed by atoms with Gasteiger partial charge in [0.05, 0.1) is 0 Å². The van der Waals surface area contributed by atoms with E-state index in [2.05, 4.69) is 44.1 Å². The van der Waals surface area contributed by atoms with Gasteiger partial charge < -0.3 is 4.90 Å². The molecule has 1 atom stereocenters. The second-order valence-electron chi connectivity index (χ2n) is 7.21. The highest BCUT2D eigenvalue weighted by atomic mass is 15.3. The molecule has 0 N–H and O–H groups in total. The SMILES string of the molecule is CN1C(c2ccncc2)=NC(c2cccnc2)=NC1c1ccc(-c2ccncc2)cc1. The van der Waals surface area contributed by atoms with Crippen molar-refractivity contribution in [3.63, 3.8) is 0 Å². The topological polar surface area (TPSA) is 66.6 Å². The lowest BCUT2D eigenvalue weighted by Gasteiger charge is -2.32. The summed E-state index contributed by atoms with van der Waals surface area (Å²) in [6, 6.07) is 20.3. The summed E-state index contributed by atoms with van der Waals surface area (Å²) < 4.78 is 0.